The van der Waals surface area contributed by atoms with Crippen LogP contribution in [-0.2, 0) is 13.6 Å². The van der Waals surface area contributed by atoms with Gasteiger partial charge < -0.3 is 5.32 Å². The van der Waals surface area contributed by atoms with E-state index in [9.17, 15) is 0 Å². The molecule has 1 aromatic heterocycles. The van der Waals surface area contributed by atoms with E-state index >= 15 is 0 Å². The summed E-state index contributed by atoms with van der Waals surface area (Å²) >= 11 is 12.2. The molecule has 5 heteroatoms. The number of hydrogen-bond donors (Lipinski definition) is 1. The number of nitrogens with one attached hydrogen (secondary N) is 1. The van der Waals surface area contributed by atoms with Crippen LogP contribution in [0.2, 0.25) is 10.0 Å². The summed E-state index contributed by atoms with van der Waals surface area (Å²) < 4.78 is 1.76. The van der Waals surface area contributed by atoms with Gasteiger partial charge in [-0.25, -0.2) is 0 Å². The maximum absolute atomic E-state index is 6.13. The fourth-order valence-corrected chi connectivity index (χ4v) is 1.99. The molecule has 0 amide bonds. The first-order valence-corrected chi connectivity index (χ1v) is 5.99. The van der Waals surface area contributed by atoms with Crippen LogP contribution in [0.1, 0.15) is 11.1 Å². The molecular weight excluding hydrogens is 257 g/mol. The Morgan fingerprint density at radius 3 is 2.71 bits per heavy atom. The van der Waals surface area contributed by atoms with Gasteiger partial charge in [0.2, 0.25) is 0 Å². The normalized spacial score (nSPS) is 10.6. The van der Waals surface area contributed by atoms with Gasteiger partial charge in [0, 0.05) is 30.4 Å². The summed E-state index contributed by atoms with van der Waals surface area (Å²) in [7, 11) is 1.89. The molecule has 0 aliphatic heterocycles. The molecular formula is C12H13Cl2N3. The van der Waals surface area contributed by atoms with Crippen LogP contribution >= 0.6 is 23.2 Å². The summed E-state index contributed by atoms with van der Waals surface area (Å²) in [5.74, 6) is 0. The Bertz CT molecular complexity index is 535. The zero-order valence-electron chi connectivity index (χ0n) is 9.67. The minimum Gasteiger partial charge on any atom is -0.380 e. The number of nitrogens with zero attached hydrogens (tertiary/aromatic N) is 2. The van der Waals surface area contributed by atoms with E-state index in [0.717, 1.165) is 16.8 Å². The van der Waals surface area contributed by atoms with Gasteiger partial charge in [-0.05, 0) is 24.6 Å². The second kappa shape index (κ2) is 4.98. The van der Waals surface area contributed by atoms with Crippen molar-refractivity contribution in [1.82, 2.24) is 9.78 Å². The molecule has 0 radical (unpaired) electrons. The topological polar surface area (TPSA) is 29.9 Å². The van der Waals surface area contributed by atoms with Crippen LogP contribution in [0.25, 0.3) is 0 Å². The fraction of sp³-hybridized carbons (Fsp3) is 0.250. The zero-order valence-corrected chi connectivity index (χ0v) is 11.2. The Morgan fingerprint density at radius 2 is 2.06 bits per heavy atom. The fourth-order valence-electron chi connectivity index (χ4n) is 1.54. The van der Waals surface area contributed by atoms with Crippen molar-refractivity contribution < 1.29 is 0 Å². The van der Waals surface area contributed by atoms with Crippen molar-refractivity contribution in [2.45, 2.75) is 13.5 Å². The van der Waals surface area contributed by atoms with E-state index in [0.29, 0.717) is 16.6 Å². The van der Waals surface area contributed by atoms with Gasteiger partial charge in [-0.3, -0.25) is 4.68 Å². The number of anilines is 1. The lowest BCUT2D eigenvalue weighted by molar-refractivity contribution is 0.767. The number of halogens is 2. The molecule has 0 aliphatic rings. The third-order valence-electron chi connectivity index (χ3n) is 2.49. The van der Waals surface area contributed by atoms with E-state index < -0.39 is 0 Å². The van der Waals surface area contributed by atoms with E-state index in [2.05, 4.69) is 10.4 Å². The van der Waals surface area contributed by atoms with Crippen LogP contribution < -0.4 is 5.32 Å². The summed E-state index contributed by atoms with van der Waals surface area (Å²) in [5.41, 5.74) is 2.91. The highest BCUT2D eigenvalue weighted by atomic mass is 35.5. The molecule has 90 valence electrons. The predicted octanol–water partition coefficient (Wildman–Crippen LogP) is 3.65. The highest BCUT2D eigenvalue weighted by Crippen LogP contribution is 2.29. The summed E-state index contributed by atoms with van der Waals surface area (Å²) in [6.07, 6.45) is 3.77. The van der Waals surface area contributed by atoms with Crippen LogP contribution in [0, 0.1) is 6.92 Å². The second-order valence-corrected chi connectivity index (χ2v) is 4.77. The Morgan fingerprint density at radius 1 is 1.29 bits per heavy atom. The minimum absolute atomic E-state index is 0.674. The maximum atomic E-state index is 6.13. The van der Waals surface area contributed by atoms with Crippen LogP contribution in [0.5, 0.6) is 0 Å². The van der Waals surface area contributed by atoms with Gasteiger partial charge in [-0.15, -0.1) is 0 Å². The van der Waals surface area contributed by atoms with Crippen LogP contribution in [-0.4, -0.2) is 9.78 Å². The standard InChI is InChI=1S/C12H13Cl2N3/c1-8-3-11(14)12(4-10(8)13)15-5-9-6-16-17(2)7-9/h3-4,6-7,15H,5H2,1-2H3. The lowest BCUT2D eigenvalue weighted by Gasteiger charge is -2.09. The van der Waals surface area contributed by atoms with Crippen molar-refractivity contribution in [1.29, 1.82) is 0 Å². The molecule has 0 fully saturated rings. The number of aromatic nitrogens is 2. The van der Waals surface area contributed by atoms with Gasteiger partial charge in [0.25, 0.3) is 0 Å². The summed E-state index contributed by atoms with van der Waals surface area (Å²) in [5, 5.41) is 8.73. The average molecular weight is 270 g/mol. The first-order chi connectivity index (χ1) is 8.06. The molecule has 1 heterocycles. The monoisotopic (exact) mass is 269 g/mol. The molecule has 0 aliphatic carbocycles. The molecule has 0 bridgehead atoms. The lowest BCUT2D eigenvalue weighted by atomic mass is 10.2. The van der Waals surface area contributed by atoms with Crippen LogP contribution in [0.3, 0.4) is 0 Å². The maximum Gasteiger partial charge on any atom is 0.0641 e. The Labute approximate surface area is 110 Å². The van der Waals surface area contributed by atoms with Gasteiger partial charge in [-0.2, -0.15) is 5.10 Å². The number of benzene rings is 1. The van der Waals surface area contributed by atoms with Crippen LogP contribution in [0.15, 0.2) is 24.5 Å². The summed E-state index contributed by atoms with van der Waals surface area (Å²) in [6.45, 7) is 2.60. The van der Waals surface area contributed by atoms with Crippen molar-refractivity contribution in [2.75, 3.05) is 5.32 Å². The molecule has 0 saturated carbocycles. The third-order valence-corrected chi connectivity index (χ3v) is 3.21. The highest BCUT2D eigenvalue weighted by molar-refractivity contribution is 6.35. The van der Waals surface area contributed by atoms with E-state index in [4.69, 9.17) is 23.2 Å². The van der Waals surface area contributed by atoms with Crippen LogP contribution in [0.4, 0.5) is 5.69 Å². The summed E-state index contributed by atoms with van der Waals surface area (Å²) in [6, 6.07) is 3.70. The first-order valence-electron chi connectivity index (χ1n) is 5.23. The molecule has 0 unspecified atom stereocenters. The highest BCUT2D eigenvalue weighted by Gasteiger charge is 2.04. The van der Waals surface area contributed by atoms with E-state index in [1.165, 1.54) is 0 Å². The van der Waals surface area contributed by atoms with E-state index in [-0.39, 0.29) is 0 Å². The van der Waals surface area contributed by atoms with Crippen molar-refractivity contribution in [3.63, 3.8) is 0 Å². The van der Waals surface area contributed by atoms with Gasteiger partial charge in [-0.1, -0.05) is 23.2 Å². The van der Waals surface area contributed by atoms with Gasteiger partial charge in [0.05, 0.1) is 16.9 Å². The molecule has 2 rings (SSSR count). The lowest BCUT2D eigenvalue weighted by Crippen LogP contribution is -1.99. The molecule has 1 aromatic carbocycles. The smallest absolute Gasteiger partial charge is 0.0641 e. The van der Waals surface area contributed by atoms with Gasteiger partial charge >= 0.3 is 0 Å². The third kappa shape index (κ3) is 2.93. The summed E-state index contributed by atoms with van der Waals surface area (Å²) in [4.78, 5) is 0. The Kier molecular flexibility index (Phi) is 3.60. The van der Waals surface area contributed by atoms with E-state index in [1.54, 1.807) is 4.68 Å². The van der Waals surface area contributed by atoms with Crippen molar-refractivity contribution in [2.24, 2.45) is 7.05 Å². The van der Waals surface area contributed by atoms with Crippen molar-refractivity contribution in [3.8, 4) is 0 Å². The Hall–Kier alpha value is -1.19. The molecule has 17 heavy (non-hydrogen) atoms. The molecule has 0 saturated heterocycles. The quantitative estimate of drug-likeness (QED) is 0.922. The molecule has 2 aromatic rings. The molecule has 3 nitrogen and oxygen atoms in total. The van der Waals surface area contributed by atoms with Gasteiger partial charge in [0.15, 0.2) is 0 Å². The largest absolute Gasteiger partial charge is 0.380 e. The SMILES string of the molecule is Cc1cc(Cl)c(NCc2cnn(C)c2)cc1Cl. The predicted molar refractivity (Wildman–Crippen MR) is 71.7 cm³/mol. The molecule has 0 atom stereocenters. The minimum atomic E-state index is 0.674. The first kappa shape index (κ1) is 12.3. The van der Waals surface area contributed by atoms with E-state index in [1.807, 2.05) is 38.5 Å². The number of aryl methyl sites for hydroxylation is 2. The van der Waals surface area contributed by atoms with Crippen molar-refractivity contribution >= 4 is 28.9 Å². The van der Waals surface area contributed by atoms with Crippen molar-refractivity contribution in [3.05, 3.63) is 45.7 Å². The zero-order chi connectivity index (χ0) is 12.4. The average Bonchev–Trinajstić information content (AvgIpc) is 2.68. The number of rotatable bonds is 3. The van der Waals surface area contributed by atoms with Gasteiger partial charge in [0.1, 0.15) is 0 Å². The molecule has 0 spiro atoms. The second-order valence-electron chi connectivity index (χ2n) is 3.96. The molecule has 1 N–H and O–H groups in total. The number of hydrogen-bond acceptors (Lipinski definition) is 2. The Balaban J connectivity index is 2.11.